The highest BCUT2D eigenvalue weighted by atomic mass is 16.5. The molecule has 0 saturated carbocycles. The number of aromatic nitrogens is 1. The highest BCUT2D eigenvalue weighted by Crippen LogP contribution is 2.22. The van der Waals surface area contributed by atoms with Crippen molar-refractivity contribution in [2.45, 2.75) is 0 Å². The van der Waals surface area contributed by atoms with Gasteiger partial charge in [-0.15, -0.1) is 0 Å². The predicted octanol–water partition coefficient (Wildman–Crippen LogP) is 4.68. The lowest BCUT2D eigenvalue weighted by Crippen LogP contribution is -2.14. The van der Waals surface area contributed by atoms with Gasteiger partial charge in [-0.05, 0) is 48.5 Å². The van der Waals surface area contributed by atoms with Gasteiger partial charge in [-0.2, -0.15) is 0 Å². The Morgan fingerprint density at radius 2 is 1.52 bits per heavy atom. The molecule has 3 N–H and O–H groups in total. The first-order chi connectivity index (χ1) is 14.1. The first kappa shape index (κ1) is 18.3. The van der Waals surface area contributed by atoms with Crippen molar-refractivity contribution in [3.63, 3.8) is 0 Å². The number of rotatable bonds is 5. The lowest BCUT2D eigenvalue weighted by Gasteiger charge is -2.08. The highest BCUT2D eigenvalue weighted by Gasteiger charge is 2.11. The molecular formula is C23H19N3O3. The number of anilines is 2. The second-order valence-corrected chi connectivity index (χ2v) is 6.49. The molecule has 0 unspecified atom stereocenters. The fraction of sp³-hybridized carbons (Fsp3) is 0.0435. The summed E-state index contributed by atoms with van der Waals surface area (Å²) in [6.45, 7) is 0. The van der Waals surface area contributed by atoms with E-state index >= 15 is 0 Å². The summed E-state index contributed by atoms with van der Waals surface area (Å²) in [4.78, 5) is 28.0. The SMILES string of the molecule is COc1ccc2cc(C(=O)Nc3cccc(NC(=O)c4ccccc4)c3)[nH]c2c1. The molecule has 0 spiro atoms. The molecule has 4 rings (SSSR count). The van der Waals surface area contributed by atoms with Gasteiger partial charge in [0, 0.05) is 33.9 Å². The van der Waals surface area contributed by atoms with Gasteiger partial charge in [0.1, 0.15) is 11.4 Å². The monoisotopic (exact) mass is 385 g/mol. The number of nitrogens with one attached hydrogen (secondary N) is 3. The van der Waals surface area contributed by atoms with Crippen molar-refractivity contribution in [1.29, 1.82) is 0 Å². The number of H-pyrrole nitrogens is 1. The maximum absolute atomic E-state index is 12.6. The van der Waals surface area contributed by atoms with Crippen LogP contribution in [0.2, 0.25) is 0 Å². The smallest absolute Gasteiger partial charge is 0.272 e. The van der Waals surface area contributed by atoms with Gasteiger partial charge in [0.05, 0.1) is 7.11 Å². The molecule has 0 aliphatic rings. The van der Waals surface area contributed by atoms with Crippen molar-refractivity contribution in [1.82, 2.24) is 4.98 Å². The van der Waals surface area contributed by atoms with E-state index in [1.165, 1.54) is 0 Å². The van der Waals surface area contributed by atoms with Crippen LogP contribution in [0.1, 0.15) is 20.8 Å². The van der Waals surface area contributed by atoms with Crippen LogP contribution >= 0.6 is 0 Å². The molecule has 0 aliphatic heterocycles. The van der Waals surface area contributed by atoms with E-state index in [9.17, 15) is 9.59 Å². The molecular weight excluding hydrogens is 366 g/mol. The topological polar surface area (TPSA) is 83.2 Å². The van der Waals surface area contributed by atoms with E-state index in [2.05, 4.69) is 15.6 Å². The van der Waals surface area contributed by atoms with E-state index in [0.717, 1.165) is 10.9 Å². The summed E-state index contributed by atoms with van der Waals surface area (Å²) in [5.74, 6) is 0.235. The molecule has 144 valence electrons. The Kier molecular flexibility index (Phi) is 4.99. The first-order valence-corrected chi connectivity index (χ1v) is 9.07. The van der Waals surface area contributed by atoms with Crippen LogP contribution in [0.25, 0.3) is 10.9 Å². The fourth-order valence-corrected chi connectivity index (χ4v) is 3.02. The Balaban J connectivity index is 1.49. The van der Waals surface area contributed by atoms with Gasteiger partial charge < -0.3 is 20.4 Å². The first-order valence-electron chi connectivity index (χ1n) is 9.07. The van der Waals surface area contributed by atoms with Crippen molar-refractivity contribution >= 4 is 34.1 Å². The summed E-state index contributed by atoms with van der Waals surface area (Å²) in [6, 6.07) is 23.3. The molecule has 29 heavy (non-hydrogen) atoms. The van der Waals surface area contributed by atoms with Crippen molar-refractivity contribution < 1.29 is 14.3 Å². The van der Waals surface area contributed by atoms with Gasteiger partial charge in [-0.3, -0.25) is 9.59 Å². The van der Waals surface area contributed by atoms with Crippen LogP contribution < -0.4 is 15.4 Å². The molecule has 0 aliphatic carbocycles. The van der Waals surface area contributed by atoms with E-state index in [1.807, 2.05) is 36.4 Å². The summed E-state index contributed by atoms with van der Waals surface area (Å²) in [7, 11) is 1.60. The third-order valence-electron chi connectivity index (χ3n) is 4.49. The third kappa shape index (κ3) is 4.11. The van der Waals surface area contributed by atoms with Crippen molar-refractivity contribution in [2.24, 2.45) is 0 Å². The third-order valence-corrected chi connectivity index (χ3v) is 4.49. The second kappa shape index (κ2) is 7.90. The van der Waals surface area contributed by atoms with Crippen LogP contribution in [0.15, 0.2) is 78.9 Å². The Morgan fingerprint density at radius 1 is 0.793 bits per heavy atom. The number of carbonyl (C=O) groups is 2. The molecule has 0 bridgehead atoms. The quantitative estimate of drug-likeness (QED) is 0.466. The van der Waals surface area contributed by atoms with Crippen molar-refractivity contribution in [3.8, 4) is 5.75 Å². The number of hydrogen-bond donors (Lipinski definition) is 3. The van der Waals surface area contributed by atoms with Gasteiger partial charge in [-0.1, -0.05) is 24.3 Å². The zero-order valence-electron chi connectivity index (χ0n) is 15.7. The summed E-state index contributed by atoms with van der Waals surface area (Å²) < 4.78 is 5.21. The van der Waals surface area contributed by atoms with E-state index in [-0.39, 0.29) is 11.8 Å². The number of carbonyl (C=O) groups excluding carboxylic acids is 2. The number of hydrogen-bond acceptors (Lipinski definition) is 3. The molecule has 0 atom stereocenters. The van der Waals surface area contributed by atoms with Crippen LogP contribution in [0.4, 0.5) is 11.4 Å². The van der Waals surface area contributed by atoms with Crippen molar-refractivity contribution in [3.05, 3.63) is 90.1 Å². The van der Waals surface area contributed by atoms with E-state index in [0.29, 0.717) is 28.4 Å². The number of benzene rings is 3. The number of fused-ring (bicyclic) bond motifs is 1. The number of ether oxygens (including phenoxy) is 1. The van der Waals surface area contributed by atoms with Crippen LogP contribution in [-0.4, -0.2) is 23.9 Å². The van der Waals surface area contributed by atoms with Crippen LogP contribution in [0.3, 0.4) is 0 Å². The molecule has 6 nitrogen and oxygen atoms in total. The fourth-order valence-electron chi connectivity index (χ4n) is 3.02. The van der Waals surface area contributed by atoms with E-state index < -0.39 is 0 Å². The minimum absolute atomic E-state index is 0.210. The molecule has 3 aromatic carbocycles. The number of methoxy groups -OCH3 is 1. The van der Waals surface area contributed by atoms with Gasteiger partial charge in [0.15, 0.2) is 0 Å². The average molecular weight is 385 g/mol. The molecule has 6 heteroatoms. The summed E-state index contributed by atoms with van der Waals surface area (Å²) in [5.41, 5.74) is 3.00. The van der Waals surface area contributed by atoms with E-state index in [1.54, 1.807) is 49.6 Å². The number of amides is 2. The van der Waals surface area contributed by atoms with Crippen LogP contribution in [0, 0.1) is 0 Å². The summed E-state index contributed by atoms with van der Waals surface area (Å²) in [5, 5.41) is 6.60. The zero-order valence-corrected chi connectivity index (χ0v) is 15.7. The summed E-state index contributed by atoms with van der Waals surface area (Å²) in [6.07, 6.45) is 0. The number of aromatic amines is 1. The predicted molar refractivity (Wildman–Crippen MR) is 114 cm³/mol. The Labute approximate surface area is 167 Å². The van der Waals surface area contributed by atoms with Gasteiger partial charge in [-0.25, -0.2) is 0 Å². The normalized spacial score (nSPS) is 10.5. The Hall–Kier alpha value is -4.06. The zero-order chi connectivity index (χ0) is 20.2. The van der Waals surface area contributed by atoms with Gasteiger partial charge in [0.25, 0.3) is 11.8 Å². The highest BCUT2D eigenvalue weighted by molar-refractivity contribution is 6.07. The molecule has 4 aromatic rings. The standard InChI is InChI=1S/C23H19N3O3/c1-29-19-11-10-16-12-21(26-20(16)14-19)23(28)25-18-9-5-8-17(13-18)24-22(27)15-6-3-2-4-7-15/h2-14,26H,1H3,(H,24,27)(H,25,28). The minimum Gasteiger partial charge on any atom is -0.497 e. The van der Waals surface area contributed by atoms with Crippen LogP contribution in [0.5, 0.6) is 5.75 Å². The molecule has 0 saturated heterocycles. The molecule has 2 amide bonds. The minimum atomic E-state index is -0.272. The maximum Gasteiger partial charge on any atom is 0.272 e. The molecule has 0 radical (unpaired) electrons. The lowest BCUT2D eigenvalue weighted by molar-refractivity contribution is 0.101. The Bertz CT molecular complexity index is 1180. The molecule has 0 fully saturated rings. The largest absolute Gasteiger partial charge is 0.497 e. The summed E-state index contributed by atoms with van der Waals surface area (Å²) >= 11 is 0. The Morgan fingerprint density at radius 3 is 2.24 bits per heavy atom. The van der Waals surface area contributed by atoms with Gasteiger partial charge >= 0.3 is 0 Å². The second-order valence-electron chi connectivity index (χ2n) is 6.49. The molecule has 1 heterocycles. The van der Waals surface area contributed by atoms with Gasteiger partial charge in [0.2, 0.25) is 0 Å². The average Bonchev–Trinajstić information content (AvgIpc) is 3.18. The lowest BCUT2D eigenvalue weighted by atomic mass is 10.2. The molecule has 1 aromatic heterocycles. The van der Waals surface area contributed by atoms with Crippen LogP contribution in [-0.2, 0) is 0 Å². The van der Waals surface area contributed by atoms with E-state index in [4.69, 9.17) is 4.74 Å². The maximum atomic E-state index is 12.6. The van der Waals surface area contributed by atoms with Crippen molar-refractivity contribution in [2.75, 3.05) is 17.7 Å².